The van der Waals surface area contributed by atoms with Gasteiger partial charge in [-0.25, -0.2) is 0 Å². The average Bonchev–Trinajstić information content (AvgIpc) is 2.98. The van der Waals surface area contributed by atoms with E-state index in [1.54, 1.807) is 16.7 Å². The van der Waals surface area contributed by atoms with Gasteiger partial charge in [0.15, 0.2) is 0 Å². The molecule has 200 valence electrons. The first-order valence-electron chi connectivity index (χ1n) is 13.3. The van der Waals surface area contributed by atoms with Gasteiger partial charge in [-0.05, 0) is 55.4 Å². The van der Waals surface area contributed by atoms with Gasteiger partial charge < -0.3 is 14.5 Å². The van der Waals surface area contributed by atoms with Gasteiger partial charge in [-0.15, -0.1) is 10.2 Å². The number of aromatic nitrogens is 1. The number of benzene rings is 3. The Hall–Kier alpha value is -3.94. The minimum absolute atomic E-state index is 0.130. The third-order valence-corrected chi connectivity index (χ3v) is 7.21. The lowest BCUT2D eigenvalue weighted by Crippen LogP contribution is -2.47. The maximum Gasteiger partial charge on any atom is 0.257 e. The molecule has 0 N–H and O–H groups in total. The molecule has 0 radical (unpaired) electrons. The average molecular weight is 542 g/mol. The third-order valence-electron chi connectivity index (χ3n) is 6.89. The number of hydrogen-bond acceptors (Lipinski definition) is 6. The van der Waals surface area contributed by atoms with Crippen molar-refractivity contribution in [2.24, 2.45) is 10.2 Å². The van der Waals surface area contributed by atoms with E-state index >= 15 is 0 Å². The number of ether oxygens (including phenoxy) is 1. The number of pyridine rings is 1. The summed E-state index contributed by atoms with van der Waals surface area (Å²) in [5, 5.41) is 9.90. The fourth-order valence-corrected chi connectivity index (χ4v) is 5.01. The van der Waals surface area contributed by atoms with Gasteiger partial charge >= 0.3 is 0 Å². The predicted octanol–water partition coefficient (Wildman–Crippen LogP) is 7.11. The SMILES string of the molecule is CCOc1ccc(-c2cc(=O)n(-c3ccccc3)c(N3CCN(CC)CC3)c2N=Nc2ccccc2Cl)cc1. The Bertz CT molecular complexity index is 1490. The van der Waals surface area contributed by atoms with Crippen LogP contribution in [0.15, 0.2) is 100.0 Å². The van der Waals surface area contributed by atoms with Crippen molar-refractivity contribution >= 4 is 28.8 Å². The van der Waals surface area contributed by atoms with Crippen molar-refractivity contribution in [1.29, 1.82) is 0 Å². The number of para-hydroxylation sites is 1. The van der Waals surface area contributed by atoms with Gasteiger partial charge in [-0.1, -0.05) is 61.0 Å². The van der Waals surface area contributed by atoms with E-state index < -0.39 is 0 Å². The van der Waals surface area contributed by atoms with E-state index in [1.807, 2.05) is 79.7 Å². The molecular weight excluding hydrogens is 510 g/mol. The first-order valence-corrected chi connectivity index (χ1v) is 13.7. The summed E-state index contributed by atoms with van der Waals surface area (Å²) in [5.74, 6) is 1.50. The Morgan fingerprint density at radius 2 is 1.54 bits per heavy atom. The molecule has 3 aromatic carbocycles. The van der Waals surface area contributed by atoms with Crippen LogP contribution in [0, 0.1) is 0 Å². The standard InChI is InChI=1S/C31H32ClN5O2/c1-3-35-18-20-36(21-19-35)31-30(34-33-28-13-9-8-12-27(28)32)26(23-14-16-25(17-15-23)39-4-2)22-29(38)37(31)24-10-6-5-7-11-24/h5-17,22H,3-4,18-21H2,1-2H3. The lowest BCUT2D eigenvalue weighted by molar-refractivity contribution is 0.270. The molecule has 1 aliphatic rings. The topological polar surface area (TPSA) is 62.4 Å². The molecule has 0 unspecified atom stereocenters. The van der Waals surface area contributed by atoms with Gasteiger partial charge in [0.25, 0.3) is 5.56 Å². The van der Waals surface area contributed by atoms with Crippen LogP contribution in [0.3, 0.4) is 0 Å². The number of azo groups is 1. The molecular formula is C31H32ClN5O2. The Labute approximate surface area is 233 Å². The van der Waals surface area contributed by atoms with E-state index in [-0.39, 0.29) is 5.56 Å². The molecule has 5 rings (SSSR count). The third kappa shape index (κ3) is 5.90. The minimum Gasteiger partial charge on any atom is -0.494 e. The van der Waals surface area contributed by atoms with E-state index in [9.17, 15) is 4.79 Å². The normalized spacial score (nSPS) is 14.2. The second-order valence-corrected chi connectivity index (χ2v) is 9.68. The van der Waals surface area contributed by atoms with Gasteiger partial charge in [-0.2, -0.15) is 0 Å². The van der Waals surface area contributed by atoms with Crippen molar-refractivity contribution in [3.05, 3.63) is 100 Å². The molecule has 8 heteroatoms. The monoisotopic (exact) mass is 541 g/mol. The maximum atomic E-state index is 13.9. The van der Waals surface area contributed by atoms with E-state index in [1.165, 1.54) is 0 Å². The Morgan fingerprint density at radius 3 is 2.21 bits per heavy atom. The van der Waals surface area contributed by atoms with Crippen LogP contribution in [0.1, 0.15) is 13.8 Å². The summed E-state index contributed by atoms with van der Waals surface area (Å²) >= 11 is 6.43. The summed E-state index contributed by atoms with van der Waals surface area (Å²) < 4.78 is 7.40. The fourth-order valence-electron chi connectivity index (χ4n) is 4.83. The van der Waals surface area contributed by atoms with Crippen LogP contribution in [0.2, 0.25) is 5.02 Å². The summed E-state index contributed by atoms with van der Waals surface area (Å²) in [6.45, 7) is 9.02. The Balaban J connectivity index is 1.75. The van der Waals surface area contributed by atoms with E-state index in [0.717, 1.165) is 55.5 Å². The minimum atomic E-state index is -0.130. The highest BCUT2D eigenvalue weighted by Crippen LogP contribution is 2.41. The molecule has 4 aromatic rings. The van der Waals surface area contributed by atoms with Gasteiger partial charge in [-0.3, -0.25) is 9.36 Å². The van der Waals surface area contributed by atoms with Crippen molar-refractivity contribution in [3.8, 4) is 22.6 Å². The zero-order valence-corrected chi connectivity index (χ0v) is 23.0. The highest BCUT2D eigenvalue weighted by molar-refractivity contribution is 6.32. The molecule has 1 aromatic heterocycles. The number of halogens is 1. The van der Waals surface area contributed by atoms with Crippen LogP contribution in [0.25, 0.3) is 16.8 Å². The zero-order chi connectivity index (χ0) is 27.2. The molecule has 2 heterocycles. The van der Waals surface area contributed by atoms with E-state index in [0.29, 0.717) is 28.6 Å². The van der Waals surface area contributed by atoms with Crippen LogP contribution >= 0.6 is 11.6 Å². The van der Waals surface area contributed by atoms with Crippen LogP contribution in [-0.4, -0.2) is 48.8 Å². The van der Waals surface area contributed by atoms with E-state index in [2.05, 4.69) is 21.8 Å². The highest BCUT2D eigenvalue weighted by atomic mass is 35.5. The molecule has 0 spiro atoms. The summed E-state index contributed by atoms with van der Waals surface area (Å²) in [6.07, 6.45) is 0. The van der Waals surface area contributed by atoms with Crippen LogP contribution in [0.5, 0.6) is 5.75 Å². The molecule has 1 saturated heterocycles. The van der Waals surface area contributed by atoms with Gasteiger partial charge in [0, 0.05) is 37.8 Å². The number of hydrogen-bond donors (Lipinski definition) is 0. The predicted molar refractivity (Wildman–Crippen MR) is 159 cm³/mol. The fraction of sp³-hybridized carbons (Fsp3) is 0.258. The summed E-state index contributed by atoms with van der Waals surface area (Å²) in [5.41, 5.74) is 3.40. The second kappa shape index (κ2) is 12.3. The largest absolute Gasteiger partial charge is 0.494 e. The Kier molecular flexibility index (Phi) is 8.39. The molecule has 0 atom stereocenters. The molecule has 39 heavy (non-hydrogen) atoms. The number of nitrogens with zero attached hydrogens (tertiary/aromatic N) is 5. The van der Waals surface area contributed by atoms with Crippen molar-refractivity contribution in [2.45, 2.75) is 13.8 Å². The molecule has 0 aliphatic carbocycles. The van der Waals surface area contributed by atoms with Gasteiger partial charge in [0.1, 0.15) is 22.9 Å². The van der Waals surface area contributed by atoms with Crippen molar-refractivity contribution < 1.29 is 4.74 Å². The summed E-state index contributed by atoms with van der Waals surface area (Å²) in [6, 6.07) is 26.5. The first-order chi connectivity index (χ1) is 19.1. The molecule has 1 fully saturated rings. The van der Waals surface area contributed by atoms with Crippen LogP contribution in [-0.2, 0) is 0 Å². The zero-order valence-electron chi connectivity index (χ0n) is 22.3. The van der Waals surface area contributed by atoms with Crippen LogP contribution < -0.4 is 15.2 Å². The van der Waals surface area contributed by atoms with E-state index in [4.69, 9.17) is 21.5 Å². The Morgan fingerprint density at radius 1 is 0.846 bits per heavy atom. The van der Waals surface area contributed by atoms with Crippen LogP contribution in [0.4, 0.5) is 17.2 Å². The van der Waals surface area contributed by atoms with Crippen molar-refractivity contribution in [2.75, 3.05) is 44.2 Å². The molecule has 0 amide bonds. The number of likely N-dealkylation sites (N-methyl/N-ethyl adjacent to an activating group) is 1. The van der Waals surface area contributed by atoms with Crippen molar-refractivity contribution in [3.63, 3.8) is 0 Å². The lowest BCUT2D eigenvalue weighted by atomic mass is 10.0. The molecule has 7 nitrogen and oxygen atoms in total. The van der Waals surface area contributed by atoms with Crippen molar-refractivity contribution in [1.82, 2.24) is 9.47 Å². The quantitative estimate of drug-likeness (QED) is 0.223. The molecule has 0 saturated carbocycles. The summed E-state index contributed by atoms with van der Waals surface area (Å²) in [7, 11) is 0. The number of piperazine rings is 1. The van der Waals surface area contributed by atoms with Gasteiger partial charge in [0.05, 0.1) is 17.3 Å². The maximum absolute atomic E-state index is 13.9. The smallest absolute Gasteiger partial charge is 0.257 e. The lowest BCUT2D eigenvalue weighted by Gasteiger charge is -2.37. The molecule has 0 bridgehead atoms. The number of anilines is 1. The number of rotatable bonds is 8. The van der Waals surface area contributed by atoms with Gasteiger partial charge in [0.2, 0.25) is 0 Å². The molecule has 1 aliphatic heterocycles. The second-order valence-electron chi connectivity index (χ2n) is 9.27. The summed E-state index contributed by atoms with van der Waals surface area (Å²) in [4.78, 5) is 18.5. The first kappa shape index (κ1) is 26.7. The highest BCUT2D eigenvalue weighted by Gasteiger charge is 2.26.